The molecule has 0 aromatic heterocycles. The number of benzene rings is 2. The topological polar surface area (TPSA) is 20.3 Å². The lowest BCUT2D eigenvalue weighted by Crippen LogP contribution is -2.37. The fraction of sp³-hybridized carbons (Fsp3) is 0.389. The second-order valence-electron chi connectivity index (χ2n) is 6.38. The molecule has 0 N–H and O–H groups in total. The molecule has 0 amide bonds. The Morgan fingerprint density at radius 2 is 1.95 bits per heavy atom. The molecule has 2 aromatic carbocycles. The Morgan fingerprint density at radius 1 is 1.19 bits per heavy atom. The summed E-state index contributed by atoms with van der Waals surface area (Å²) in [5.41, 5.74) is 3.53. The van der Waals surface area contributed by atoms with Crippen LogP contribution >= 0.6 is 11.8 Å². The van der Waals surface area contributed by atoms with Crippen molar-refractivity contribution < 1.29 is 4.79 Å². The van der Waals surface area contributed by atoms with E-state index in [1.165, 1.54) is 21.9 Å². The Labute approximate surface area is 129 Å². The van der Waals surface area contributed by atoms with Gasteiger partial charge in [-0.25, -0.2) is 0 Å². The molecule has 2 aromatic rings. The van der Waals surface area contributed by atoms with Gasteiger partial charge in [0.2, 0.25) is 5.12 Å². The maximum atomic E-state index is 12.5. The highest BCUT2D eigenvalue weighted by molar-refractivity contribution is 8.15. The fourth-order valence-electron chi connectivity index (χ4n) is 3.67. The van der Waals surface area contributed by atoms with Crippen LogP contribution in [0.5, 0.6) is 0 Å². The highest BCUT2D eigenvalue weighted by atomic mass is 32.2. The molecule has 21 heavy (non-hydrogen) atoms. The molecule has 0 atom stereocenters. The van der Waals surface area contributed by atoms with Gasteiger partial charge in [0.25, 0.3) is 0 Å². The highest BCUT2D eigenvalue weighted by Crippen LogP contribution is 2.53. The van der Waals surface area contributed by atoms with Crippen molar-refractivity contribution in [1.82, 2.24) is 4.90 Å². The first kappa shape index (κ1) is 13.4. The number of aryl methyl sites for hydroxylation is 1. The van der Waals surface area contributed by atoms with E-state index in [9.17, 15) is 4.79 Å². The minimum Gasteiger partial charge on any atom is -0.306 e. The lowest BCUT2D eigenvalue weighted by Gasteiger charge is -2.37. The van der Waals surface area contributed by atoms with Gasteiger partial charge in [0.05, 0.1) is 4.75 Å². The molecule has 0 unspecified atom stereocenters. The summed E-state index contributed by atoms with van der Waals surface area (Å²) in [6, 6.07) is 10.7. The molecule has 0 saturated carbocycles. The van der Waals surface area contributed by atoms with E-state index in [2.05, 4.69) is 49.2 Å². The molecule has 2 heterocycles. The standard InChI is InChI=1S/C18H19NOS/c1-12-4-3-5-13-10-15-16(11-14(12)13)18(21-17(15)20)6-8-19(2)9-7-18/h3-5,10-11H,6-9H2,1-2H3. The highest BCUT2D eigenvalue weighted by Gasteiger charge is 2.45. The number of rotatable bonds is 0. The molecular weight excluding hydrogens is 278 g/mol. The van der Waals surface area contributed by atoms with Crippen LogP contribution in [0.15, 0.2) is 30.3 Å². The summed E-state index contributed by atoms with van der Waals surface area (Å²) in [6.45, 7) is 4.30. The fourth-order valence-corrected chi connectivity index (χ4v) is 4.97. The number of carbonyl (C=O) groups excluding carboxylic acids is 1. The second kappa shape index (κ2) is 4.59. The molecule has 2 nitrogen and oxygen atoms in total. The van der Waals surface area contributed by atoms with Crippen LogP contribution in [-0.2, 0) is 4.75 Å². The van der Waals surface area contributed by atoms with E-state index in [1.807, 2.05) is 0 Å². The zero-order chi connectivity index (χ0) is 14.6. The number of thioether (sulfide) groups is 1. The predicted molar refractivity (Wildman–Crippen MR) is 89.0 cm³/mol. The summed E-state index contributed by atoms with van der Waals surface area (Å²) in [7, 11) is 2.17. The molecule has 2 aliphatic heterocycles. The van der Waals surface area contributed by atoms with Gasteiger partial charge in [-0.15, -0.1) is 0 Å². The molecule has 1 saturated heterocycles. The normalized spacial score (nSPS) is 21.1. The molecule has 0 aliphatic carbocycles. The van der Waals surface area contributed by atoms with Crippen molar-refractivity contribution in [1.29, 1.82) is 0 Å². The molecule has 2 aliphatic rings. The summed E-state index contributed by atoms with van der Waals surface area (Å²) in [4.78, 5) is 14.9. The van der Waals surface area contributed by atoms with Crippen molar-refractivity contribution in [2.24, 2.45) is 0 Å². The van der Waals surface area contributed by atoms with Crippen molar-refractivity contribution in [3.05, 3.63) is 47.0 Å². The molecule has 3 heteroatoms. The Bertz CT molecular complexity index is 744. The number of carbonyl (C=O) groups is 1. The van der Waals surface area contributed by atoms with Crippen molar-refractivity contribution in [3.8, 4) is 0 Å². The number of hydrogen-bond donors (Lipinski definition) is 0. The van der Waals surface area contributed by atoms with Gasteiger partial charge < -0.3 is 4.90 Å². The number of piperidine rings is 1. The summed E-state index contributed by atoms with van der Waals surface area (Å²) >= 11 is 1.57. The lowest BCUT2D eigenvalue weighted by molar-refractivity contribution is 0.109. The van der Waals surface area contributed by atoms with Crippen molar-refractivity contribution in [2.75, 3.05) is 20.1 Å². The SMILES string of the molecule is Cc1cccc2cc3c(cc12)C1(CCN(C)CC1)SC3=O. The molecule has 1 fully saturated rings. The maximum absolute atomic E-state index is 12.5. The zero-order valence-electron chi connectivity index (χ0n) is 12.5. The van der Waals surface area contributed by atoms with Crippen LogP contribution in [0.25, 0.3) is 10.8 Å². The van der Waals surface area contributed by atoms with Crippen LogP contribution in [0.3, 0.4) is 0 Å². The average Bonchev–Trinajstić information content (AvgIpc) is 2.74. The van der Waals surface area contributed by atoms with Crippen LogP contribution < -0.4 is 0 Å². The lowest BCUT2D eigenvalue weighted by atomic mass is 9.84. The van der Waals surface area contributed by atoms with Crippen LogP contribution in [0.4, 0.5) is 0 Å². The van der Waals surface area contributed by atoms with Crippen LogP contribution in [0, 0.1) is 6.92 Å². The van der Waals surface area contributed by atoms with E-state index < -0.39 is 0 Å². The van der Waals surface area contributed by atoms with Crippen molar-refractivity contribution >= 4 is 27.6 Å². The summed E-state index contributed by atoms with van der Waals surface area (Å²) < 4.78 is 0.0232. The first-order chi connectivity index (χ1) is 10.1. The van der Waals surface area contributed by atoms with Crippen molar-refractivity contribution in [3.63, 3.8) is 0 Å². The third kappa shape index (κ3) is 1.95. The minimum atomic E-state index is 0.0232. The van der Waals surface area contributed by atoms with Crippen LogP contribution in [0.1, 0.15) is 34.3 Å². The summed E-state index contributed by atoms with van der Waals surface area (Å²) in [5, 5.41) is 2.75. The maximum Gasteiger partial charge on any atom is 0.220 e. The quantitative estimate of drug-likeness (QED) is 0.734. The molecule has 0 bridgehead atoms. The van der Waals surface area contributed by atoms with Crippen LogP contribution in [0.2, 0.25) is 0 Å². The van der Waals surface area contributed by atoms with Gasteiger partial charge >= 0.3 is 0 Å². The molecule has 4 rings (SSSR count). The van der Waals surface area contributed by atoms with E-state index in [0.29, 0.717) is 0 Å². The summed E-state index contributed by atoms with van der Waals surface area (Å²) in [6.07, 6.45) is 2.15. The molecular formula is C18H19NOS. The van der Waals surface area contributed by atoms with Gasteiger partial charge in [0.1, 0.15) is 0 Å². The Kier molecular flexibility index (Phi) is 2.92. The Balaban J connectivity index is 1.92. The predicted octanol–water partition coefficient (Wildman–Crippen LogP) is 3.96. The number of likely N-dealkylation sites (tertiary alicyclic amines) is 1. The number of fused-ring (bicyclic) bond motifs is 3. The van der Waals surface area contributed by atoms with Gasteiger partial charge in [0.15, 0.2) is 0 Å². The first-order valence-corrected chi connectivity index (χ1v) is 8.36. The number of nitrogens with zero attached hydrogens (tertiary/aromatic N) is 1. The van der Waals surface area contributed by atoms with Crippen LogP contribution in [-0.4, -0.2) is 30.2 Å². The molecule has 108 valence electrons. The largest absolute Gasteiger partial charge is 0.306 e. The van der Waals surface area contributed by atoms with Gasteiger partial charge in [-0.2, -0.15) is 0 Å². The summed E-state index contributed by atoms with van der Waals surface area (Å²) in [5.74, 6) is 0. The average molecular weight is 297 g/mol. The zero-order valence-corrected chi connectivity index (χ0v) is 13.3. The second-order valence-corrected chi connectivity index (χ2v) is 7.74. The van der Waals surface area contributed by atoms with E-state index in [-0.39, 0.29) is 9.86 Å². The minimum absolute atomic E-state index is 0.0232. The van der Waals surface area contributed by atoms with E-state index in [4.69, 9.17) is 0 Å². The molecule has 0 radical (unpaired) electrons. The van der Waals surface area contributed by atoms with E-state index in [0.717, 1.165) is 31.5 Å². The third-order valence-corrected chi connectivity index (χ3v) is 6.45. The van der Waals surface area contributed by atoms with Gasteiger partial charge in [0, 0.05) is 5.56 Å². The first-order valence-electron chi connectivity index (χ1n) is 7.55. The van der Waals surface area contributed by atoms with Crippen molar-refractivity contribution in [2.45, 2.75) is 24.5 Å². The van der Waals surface area contributed by atoms with E-state index >= 15 is 0 Å². The number of hydrogen-bond acceptors (Lipinski definition) is 3. The van der Waals surface area contributed by atoms with E-state index in [1.54, 1.807) is 11.8 Å². The Hall–Kier alpha value is -1.32. The van der Waals surface area contributed by atoms with Gasteiger partial charge in [-0.05, 0) is 73.9 Å². The van der Waals surface area contributed by atoms with Gasteiger partial charge in [-0.3, -0.25) is 4.79 Å². The smallest absolute Gasteiger partial charge is 0.220 e. The monoisotopic (exact) mass is 297 g/mol. The third-order valence-electron chi connectivity index (χ3n) is 5.03. The van der Waals surface area contributed by atoms with Gasteiger partial charge in [-0.1, -0.05) is 30.0 Å². The molecule has 1 spiro atoms. The Morgan fingerprint density at radius 3 is 2.71 bits per heavy atom.